The van der Waals surface area contributed by atoms with E-state index in [1.54, 1.807) is 12.3 Å². The molecule has 0 amide bonds. The highest BCUT2D eigenvalue weighted by molar-refractivity contribution is 7.89. The van der Waals surface area contributed by atoms with Crippen LogP contribution in [0.2, 0.25) is 0 Å². The maximum Gasteiger partial charge on any atom is 0.244 e. The molecule has 0 atom stereocenters. The highest BCUT2D eigenvalue weighted by Crippen LogP contribution is 2.37. The minimum atomic E-state index is -3.42. The molecule has 1 heterocycles. The number of hydrogen-bond acceptors (Lipinski definition) is 3. The molecule has 0 bridgehead atoms. The lowest BCUT2D eigenvalue weighted by Gasteiger charge is -2.17. The van der Waals surface area contributed by atoms with E-state index < -0.39 is 10.0 Å². The van der Waals surface area contributed by atoms with Crippen molar-refractivity contribution in [2.24, 2.45) is 0 Å². The highest BCUT2D eigenvalue weighted by Gasteiger charge is 2.29. The van der Waals surface area contributed by atoms with Crippen LogP contribution in [0.25, 0.3) is 0 Å². The number of hydrogen-bond donors (Lipinski definition) is 1. The van der Waals surface area contributed by atoms with Crippen molar-refractivity contribution in [2.45, 2.75) is 44.2 Å². The van der Waals surface area contributed by atoms with E-state index in [1.165, 1.54) is 4.31 Å². The number of rotatable bonds is 6. The van der Waals surface area contributed by atoms with Gasteiger partial charge >= 0.3 is 0 Å². The van der Waals surface area contributed by atoms with Crippen molar-refractivity contribution in [3.05, 3.63) is 18.0 Å². The van der Waals surface area contributed by atoms with E-state index in [1.807, 2.05) is 18.4 Å². The van der Waals surface area contributed by atoms with Crippen LogP contribution < -0.4 is 0 Å². The molecule has 0 aliphatic heterocycles. The molecule has 1 aliphatic carbocycles. The second-order valence-electron chi connectivity index (χ2n) is 4.55. The van der Waals surface area contributed by atoms with E-state index in [0.717, 1.165) is 12.8 Å². The standard InChI is InChI=1S/C12H20N2O3S/c1-3-13(4-2)18(16,17)12-7-11(9-15)14(8-12)10-5-6-10/h7-8,10,15H,3-6,9H2,1-2H3. The lowest BCUT2D eigenvalue weighted by atomic mass is 10.4. The van der Waals surface area contributed by atoms with Crippen LogP contribution >= 0.6 is 0 Å². The Morgan fingerprint density at radius 2 is 2.00 bits per heavy atom. The lowest BCUT2D eigenvalue weighted by Crippen LogP contribution is -2.30. The van der Waals surface area contributed by atoms with Gasteiger partial charge in [0, 0.05) is 31.0 Å². The topological polar surface area (TPSA) is 62.5 Å². The van der Waals surface area contributed by atoms with Gasteiger partial charge in [0.15, 0.2) is 0 Å². The van der Waals surface area contributed by atoms with E-state index in [4.69, 9.17) is 0 Å². The Hall–Kier alpha value is -0.850. The minimum Gasteiger partial charge on any atom is -0.390 e. The summed E-state index contributed by atoms with van der Waals surface area (Å²) in [6.45, 7) is 4.45. The lowest BCUT2D eigenvalue weighted by molar-refractivity contribution is 0.270. The largest absolute Gasteiger partial charge is 0.390 e. The Kier molecular flexibility index (Phi) is 3.79. The second-order valence-corrected chi connectivity index (χ2v) is 6.49. The summed E-state index contributed by atoms with van der Waals surface area (Å²) in [5.41, 5.74) is 0.684. The van der Waals surface area contributed by atoms with Gasteiger partial charge in [0.05, 0.1) is 6.61 Å². The van der Waals surface area contributed by atoms with Crippen molar-refractivity contribution >= 4 is 10.0 Å². The summed E-state index contributed by atoms with van der Waals surface area (Å²) in [6.07, 6.45) is 3.79. The third-order valence-corrected chi connectivity index (χ3v) is 5.37. The predicted molar refractivity (Wildman–Crippen MR) is 68.7 cm³/mol. The van der Waals surface area contributed by atoms with Crippen LogP contribution in [0.3, 0.4) is 0 Å². The Labute approximate surface area is 108 Å². The summed E-state index contributed by atoms with van der Waals surface area (Å²) < 4.78 is 28.0. The van der Waals surface area contributed by atoms with Gasteiger partial charge < -0.3 is 9.67 Å². The monoisotopic (exact) mass is 272 g/mol. The first-order chi connectivity index (χ1) is 8.54. The molecular weight excluding hydrogens is 252 g/mol. The fourth-order valence-electron chi connectivity index (χ4n) is 2.17. The van der Waals surface area contributed by atoms with Crippen LogP contribution in [-0.4, -0.2) is 35.5 Å². The second kappa shape index (κ2) is 5.03. The molecule has 1 aromatic heterocycles. The zero-order valence-electron chi connectivity index (χ0n) is 10.8. The van der Waals surface area contributed by atoms with Gasteiger partial charge in [0.2, 0.25) is 10.0 Å². The van der Waals surface area contributed by atoms with Crippen molar-refractivity contribution < 1.29 is 13.5 Å². The quantitative estimate of drug-likeness (QED) is 0.850. The summed E-state index contributed by atoms with van der Waals surface area (Å²) in [4.78, 5) is 0.294. The third kappa shape index (κ3) is 2.32. The summed E-state index contributed by atoms with van der Waals surface area (Å²) in [7, 11) is -3.42. The molecule has 0 unspecified atom stereocenters. The Bertz CT molecular complexity index is 513. The van der Waals surface area contributed by atoms with E-state index >= 15 is 0 Å². The first kappa shape index (κ1) is 13.6. The van der Waals surface area contributed by atoms with E-state index in [9.17, 15) is 13.5 Å². The molecule has 0 saturated heterocycles. The average molecular weight is 272 g/mol. The van der Waals surface area contributed by atoms with Gasteiger partial charge in [-0.15, -0.1) is 0 Å². The molecule has 102 valence electrons. The van der Waals surface area contributed by atoms with Gasteiger partial charge in [-0.3, -0.25) is 0 Å². The van der Waals surface area contributed by atoms with Crippen LogP contribution in [0.1, 0.15) is 38.4 Å². The number of sulfonamides is 1. The normalized spacial score (nSPS) is 16.4. The first-order valence-electron chi connectivity index (χ1n) is 6.36. The van der Waals surface area contributed by atoms with Gasteiger partial charge in [-0.2, -0.15) is 4.31 Å². The predicted octanol–water partition coefficient (Wildman–Crippen LogP) is 1.35. The summed E-state index contributed by atoms with van der Waals surface area (Å²) in [5, 5.41) is 9.30. The molecule has 5 nitrogen and oxygen atoms in total. The zero-order chi connectivity index (χ0) is 13.3. The molecule has 1 aliphatic rings. The average Bonchev–Trinajstić information content (AvgIpc) is 3.09. The van der Waals surface area contributed by atoms with Crippen molar-refractivity contribution in [1.82, 2.24) is 8.87 Å². The fourth-order valence-corrected chi connectivity index (χ4v) is 3.68. The van der Waals surface area contributed by atoms with Gasteiger partial charge in [-0.1, -0.05) is 13.8 Å². The van der Waals surface area contributed by atoms with E-state index in [2.05, 4.69) is 0 Å². The van der Waals surface area contributed by atoms with Crippen LogP contribution in [0.15, 0.2) is 17.2 Å². The molecule has 0 spiro atoms. The van der Waals surface area contributed by atoms with Gasteiger partial charge in [0.25, 0.3) is 0 Å². The van der Waals surface area contributed by atoms with E-state index in [-0.39, 0.29) is 6.61 Å². The number of nitrogens with zero attached hydrogens (tertiary/aromatic N) is 2. The number of aliphatic hydroxyl groups excluding tert-OH is 1. The molecule has 1 aromatic rings. The molecule has 0 aromatic carbocycles. The fraction of sp³-hybridized carbons (Fsp3) is 0.667. The highest BCUT2D eigenvalue weighted by atomic mass is 32.2. The molecule has 6 heteroatoms. The molecule has 0 radical (unpaired) electrons. The maximum atomic E-state index is 12.3. The molecule has 1 fully saturated rings. The summed E-state index contributed by atoms with van der Waals surface area (Å²) >= 11 is 0. The van der Waals surface area contributed by atoms with Crippen molar-refractivity contribution in [3.8, 4) is 0 Å². The molecule has 2 rings (SSSR count). The minimum absolute atomic E-state index is 0.121. The van der Waals surface area contributed by atoms with Crippen LogP contribution in [0.4, 0.5) is 0 Å². The Balaban J connectivity index is 2.38. The SMILES string of the molecule is CCN(CC)S(=O)(=O)c1cc(CO)n(C2CC2)c1. The molecular formula is C12H20N2O3S. The summed E-state index contributed by atoms with van der Waals surface area (Å²) in [6, 6.07) is 1.96. The maximum absolute atomic E-state index is 12.3. The van der Waals surface area contributed by atoms with Crippen LogP contribution in [0, 0.1) is 0 Å². The Morgan fingerprint density at radius 3 is 2.44 bits per heavy atom. The van der Waals surface area contributed by atoms with Crippen molar-refractivity contribution in [1.29, 1.82) is 0 Å². The van der Waals surface area contributed by atoms with Crippen molar-refractivity contribution in [2.75, 3.05) is 13.1 Å². The molecule has 18 heavy (non-hydrogen) atoms. The van der Waals surface area contributed by atoms with E-state index in [0.29, 0.717) is 29.7 Å². The van der Waals surface area contributed by atoms with Gasteiger partial charge in [-0.25, -0.2) is 8.42 Å². The third-order valence-electron chi connectivity index (χ3n) is 3.35. The number of aliphatic hydroxyl groups is 1. The Morgan fingerprint density at radius 1 is 1.39 bits per heavy atom. The zero-order valence-corrected chi connectivity index (χ0v) is 11.7. The molecule has 1 N–H and O–H groups in total. The van der Waals surface area contributed by atoms with Gasteiger partial charge in [0.1, 0.15) is 4.90 Å². The number of aromatic nitrogens is 1. The van der Waals surface area contributed by atoms with Crippen molar-refractivity contribution in [3.63, 3.8) is 0 Å². The molecule has 1 saturated carbocycles. The smallest absolute Gasteiger partial charge is 0.244 e. The first-order valence-corrected chi connectivity index (χ1v) is 7.80. The van der Waals surface area contributed by atoms with Gasteiger partial charge in [-0.05, 0) is 18.9 Å². The van der Waals surface area contributed by atoms with Crippen LogP contribution in [0.5, 0.6) is 0 Å². The summed E-state index contributed by atoms with van der Waals surface area (Å²) in [5.74, 6) is 0. The van der Waals surface area contributed by atoms with Crippen LogP contribution in [-0.2, 0) is 16.6 Å².